The zero-order chi connectivity index (χ0) is 12.0. The van der Waals surface area contributed by atoms with E-state index in [1.807, 2.05) is 6.92 Å². The number of morpholine rings is 1. The Morgan fingerprint density at radius 2 is 2.31 bits per heavy atom. The number of amides is 2. The van der Waals surface area contributed by atoms with Gasteiger partial charge < -0.3 is 20.3 Å². The summed E-state index contributed by atoms with van der Waals surface area (Å²) < 4.78 is 5.20. The van der Waals surface area contributed by atoms with Crippen molar-refractivity contribution in [3.05, 3.63) is 0 Å². The van der Waals surface area contributed by atoms with Crippen molar-refractivity contribution >= 4 is 11.8 Å². The van der Waals surface area contributed by atoms with Crippen LogP contribution in [0.15, 0.2) is 0 Å². The molecule has 1 fully saturated rings. The number of carbonyl (C=O) groups is 2. The van der Waals surface area contributed by atoms with Gasteiger partial charge in [0.15, 0.2) is 0 Å². The maximum Gasteiger partial charge on any atom is 0.242 e. The van der Waals surface area contributed by atoms with Gasteiger partial charge in [0.1, 0.15) is 6.04 Å². The van der Waals surface area contributed by atoms with E-state index in [-0.39, 0.29) is 24.4 Å². The molecule has 0 aromatic carbocycles. The number of hydrogen-bond donors (Lipinski definition) is 2. The molecular formula is C10H19N3O3. The van der Waals surface area contributed by atoms with E-state index in [0.29, 0.717) is 26.3 Å². The fourth-order valence-corrected chi connectivity index (χ4v) is 1.54. The second-order valence-corrected chi connectivity index (χ2v) is 3.73. The molecule has 1 saturated heterocycles. The zero-order valence-corrected chi connectivity index (χ0v) is 9.78. The van der Waals surface area contributed by atoms with E-state index < -0.39 is 0 Å². The first-order valence-corrected chi connectivity index (χ1v) is 5.48. The quantitative estimate of drug-likeness (QED) is 0.620. The lowest BCUT2D eigenvalue weighted by Gasteiger charge is -2.27. The Bertz CT molecular complexity index is 252. The largest absolute Gasteiger partial charge is 0.378 e. The van der Waals surface area contributed by atoms with Crippen LogP contribution in [-0.2, 0) is 14.3 Å². The minimum absolute atomic E-state index is 0.0881. The van der Waals surface area contributed by atoms with E-state index in [0.717, 1.165) is 0 Å². The molecule has 6 heteroatoms. The molecule has 0 saturated carbocycles. The third kappa shape index (κ3) is 3.79. The Balaban J connectivity index is 2.37. The molecule has 2 amide bonds. The van der Waals surface area contributed by atoms with Crippen LogP contribution in [0.2, 0.25) is 0 Å². The molecule has 0 aromatic heterocycles. The van der Waals surface area contributed by atoms with Crippen LogP contribution in [0.25, 0.3) is 0 Å². The maximum atomic E-state index is 11.8. The summed E-state index contributed by atoms with van der Waals surface area (Å²) in [4.78, 5) is 24.5. The predicted octanol–water partition coefficient (Wildman–Crippen LogP) is -1.43. The molecule has 1 atom stereocenters. The van der Waals surface area contributed by atoms with E-state index in [1.54, 1.807) is 7.05 Å². The molecule has 2 N–H and O–H groups in total. The number of nitrogens with one attached hydrogen (secondary N) is 2. The van der Waals surface area contributed by atoms with Gasteiger partial charge in [0.2, 0.25) is 11.8 Å². The van der Waals surface area contributed by atoms with Gasteiger partial charge in [-0.2, -0.15) is 0 Å². The van der Waals surface area contributed by atoms with Crippen molar-refractivity contribution in [1.29, 1.82) is 0 Å². The third-order valence-electron chi connectivity index (χ3n) is 2.35. The first-order valence-electron chi connectivity index (χ1n) is 5.48. The summed E-state index contributed by atoms with van der Waals surface area (Å²) in [6.45, 7) is 4.18. The lowest BCUT2D eigenvalue weighted by atomic mass is 10.2. The lowest BCUT2D eigenvalue weighted by Crippen LogP contribution is -2.53. The molecule has 16 heavy (non-hydrogen) atoms. The van der Waals surface area contributed by atoms with Gasteiger partial charge in [-0.1, -0.05) is 0 Å². The number of nitrogens with zero attached hydrogens (tertiary/aromatic N) is 1. The monoisotopic (exact) mass is 229 g/mol. The second-order valence-electron chi connectivity index (χ2n) is 3.73. The molecule has 1 rings (SSSR count). The van der Waals surface area contributed by atoms with Crippen molar-refractivity contribution in [3.63, 3.8) is 0 Å². The summed E-state index contributed by atoms with van der Waals surface area (Å²) in [6, 6.07) is -0.326. The van der Waals surface area contributed by atoms with Gasteiger partial charge in [0, 0.05) is 20.1 Å². The minimum atomic E-state index is -0.326. The van der Waals surface area contributed by atoms with Gasteiger partial charge in [0.05, 0.1) is 19.8 Å². The highest BCUT2D eigenvalue weighted by Gasteiger charge is 2.25. The summed E-state index contributed by atoms with van der Waals surface area (Å²) in [5.41, 5.74) is 0. The van der Waals surface area contributed by atoms with Crippen LogP contribution in [0, 0.1) is 0 Å². The Hall–Kier alpha value is -1.14. The van der Waals surface area contributed by atoms with Crippen LogP contribution < -0.4 is 10.6 Å². The average Bonchev–Trinajstić information content (AvgIpc) is 2.29. The molecule has 0 aromatic rings. The van der Waals surface area contributed by atoms with Crippen molar-refractivity contribution in [2.24, 2.45) is 0 Å². The van der Waals surface area contributed by atoms with Crippen LogP contribution in [0.1, 0.15) is 6.92 Å². The standard InChI is InChI=1S/C10H19N3O3/c1-3-11-9(14)6-13(2)10(15)8-7-16-5-4-12-8/h8,12H,3-7H2,1-2H3,(H,11,14). The van der Waals surface area contributed by atoms with Gasteiger partial charge in [0.25, 0.3) is 0 Å². The molecule has 6 nitrogen and oxygen atoms in total. The zero-order valence-electron chi connectivity index (χ0n) is 9.78. The fourth-order valence-electron chi connectivity index (χ4n) is 1.54. The summed E-state index contributed by atoms with van der Waals surface area (Å²) in [5.74, 6) is -0.249. The molecule has 1 aliphatic rings. The number of hydrogen-bond acceptors (Lipinski definition) is 4. The summed E-state index contributed by atoms with van der Waals surface area (Å²) in [5, 5.41) is 5.71. The average molecular weight is 229 g/mol. The van der Waals surface area contributed by atoms with Crippen molar-refractivity contribution in [2.75, 3.05) is 39.9 Å². The van der Waals surface area contributed by atoms with E-state index in [9.17, 15) is 9.59 Å². The summed E-state index contributed by atoms with van der Waals surface area (Å²) >= 11 is 0. The van der Waals surface area contributed by atoms with E-state index >= 15 is 0 Å². The van der Waals surface area contributed by atoms with Crippen LogP contribution in [-0.4, -0.2) is 62.7 Å². The van der Waals surface area contributed by atoms with E-state index in [1.165, 1.54) is 4.90 Å². The molecule has 1 heterocycles. The second kappa shape index (κ2) is 6.44. The number of ether oxygens (including phenoxy) is 1. The summed E-state index contributed by atoms with van der Waals surface area (Å²) in [7, 11) is 1.62. The first-order chi connectivity index (χ1) is 7.65. The van der Waals surface area contributed by atoms with Crippen LogP contribution in [0.5, 0.6) is 0 Å². The Morgan fingerprint density at radius 3 is 2.88 bits per heavy atom. The topological polar surface area (TPSA) is 70.7 Å². The SMILES string of the molecule is CCNC(=O)CN(C)C(=O)C1COCCN1. The number of carbonyl (C=O) groups excluding carboxylic acids is 2. The molecule has 1 aliphatic heterocycles. The fraction of sp³-hybridized carbons (Fsp3) is 0.800. The van der Waals surface area contributed by atoms with Gasteiger partial charge >= 0.3 is 0 Å². The lowest BCUT2D eigenvalue weighted by molar-refractivity contribution is -0.138. The molecule has 92 valence electrons. The van der Waals surface area contributed by atoms with Crippen molar-refractivity contribution in [3.8, 4) is 0 Å². The Morgan fingerprint density at radius 1 is 1.56 bits per heavy atom. The van der Waals surface area contributed by atoms with Gasteiger partial charge in [-0.05, 0) is 6.92 Å². The normalized spacial score (nSPS) is 20.2. The van der Waals surface area contributed by atoms with Gasteiger partial charge in [-0.25, -0.2) is 0 Å². The molecule has 0 aliphatic carbocycles. The van der Waals surface area contributed by atoms with Gasteiger partial charge in [-0.15, -0.1) is 0 Å². The van der Waals surface area contributed by atoms with E-state index in [2.05, 4.69) is 10.6 Å². The van der Waals surface area contributed by atoms with Crippen LogP contribution in [0.3, 0.4) is 0 Å². The number of rotatable bonds is 4. The van der Waals surface area contributed by atoms with E-state index in [4.69, 9.17) is 4.74 Å². The summed E-state index contributed by atoms with van der Waals surface area (Å²) in [6.07, 6.45) is 0. The van der Waals surface area contributed by atoms with Crippen LogP contribution in [0.4, 0.5) is 0 Å². The predicted molar refractivity (Wildman–Crippen MR) is 58.9 cm³/mol. The molecular weight excluding hydrogens is 210 g/mol. The Labute approximate surface area is 95.3 Å². The maximum absolute atomic E-state index is 11.8. The van der Waals surface area contributed by atoms with Crippen LogP contribution >= 0.6 is 0 Å². The minimum Gasteiger partial charge on any atom is -0.378 e. The molecule has 0 bridgehead atoms. The van der Waals surface area contributed by atoms with Gasteiger partial charge in [-0.3, -0.25) is 9.59 Å². The molecule has 0 spiro atoms. The molecule has 0 radical (unpaired) electrons. The number of likely N-dealkylation sites (N-methyl/N-ethyl adjacent to an activating group) is 2. The highest BCUT2D eigenvalue weighted by atomic mass is 16.5. The van der Waals surface area contributed by atoms with Crippen molar-refractivity contribution in [1.82, 2.24) is 15.5 Å². The first kappa shape index (κ1) is 12.9. The third-order valence-corrected chi connectivity index (χ3v) is 2.35. The van der Waals surface area contributed by atoms with Crippen molar-refractivity contribution < 1.29 is 14.3 Å². The Kier molecular flexibility index (Phi) is 5.21. The highest BCUT2D eigenvalue weighted by Crippen LogP contribution is 1.98. The highest BCUT2D eigenvalue weighted by molar-refractivity contribution is 5.87. The van der Waals surface area contributed by atoms with Crippen molar-refractivity contribution in [2.45, 2.75) is 13.0 Å². The smallest absolute Gasteiger partial charge is 0.242 e. The molecule has 1 unspecified atom stereocenters.